The number of nitrogens with one attached hydrogen (secondary N) is 1. The summed E-state index contributed by atoms with van der Waals surface area (Å²) in [5.74, 6) is -0.695. The Kier molecular flexibility index (Phi) is 4.33. The van der Waals surface area contributed by atoms with Crippen LogP contribution in [0.1, 0.15) is 27.7 Å². The molecule has 6 heteroatoms. The highest BCUT2D eigenvalue weighted by Crippen LogP contribution is 2.29. The summed E-state index contributed by atoms with van der Waals surface area (Å²) in [6.45, 7) is 8.17. The molecule has 0 aromatic carbocycles. The first kappa shape index (κ1) is 14.6. The van der Waals surface area contributed by atoms with Crippen LogP contribution >= 0.6 is 0 Å². The third-order valence-electron chi connectivity index (χ3n) is 2.96. The van der Waals surface area contributed by atoms with Gasteiger partial charge in [0.15, 0.2) is 0 Å². The van der Waals surface area contributed by atoms with Gasteiger partial charge in [0.1, 0.15) is 0 Å². The van der Waals surface area contributed by atoms with Crippen LogP contribution in [-0.4, -0.2) is 40.8 Å². The number of hydrogen-bond donors (Lipinski definition) is 1. The second kappa shape index (κ2) is 5.04. The average molecular weight is 263 g/mol. The van der Waals surface area contributed by atoms with Crippen molar-refractivity contribution >= 4 is 17.0 Å². The molecule has 0 aromatic heterocycles. The van der Waals surface area contributed by atoms with Crippen LogP contribution < -0.4 is 4.72 Å². The van der Waals surface area contributed by atoms with Gasteiger partial charge in [-0.2, -0.15) is 0 Å². The lowest BCUT2D eigenvalue weighted by atomic mass is 9.84. The second-order valence-corrected chi connectivity index (χ2v) is 7.34. The average Bonchev–Trinajstić information content (AvgIpc) is 2.19. The quantitative estimate of drug-likeness (QED) is 0.755. The first-order chi connectivity index (χ1) is 7.73. The number of methoxy groups -OCH3 is 1. The van der Waals surface area contributed by atoms with E-state index in [1.807, 2.05) is 20.8 Å². The lowest BCUT2D eigenvalue weighted by Crippen LogP contribution is -2.67. The van der Waals surface area contributed by atoms with Crippen molar-refractivity contribution < 1.29 is 18.5 Å². The second-order valence-electron chi connectivity index (χ2n) is 5.38. The smallest absolute Gasteiger partial charge is 0.310 e. The minimum atomic E-state index is -1.23. The molecule has 0 amide bonds. The number of esters is 1. The lowest BCUT2D eigenvalue weighted by Gasteiger charge is -2.45. The Morgan fingerprint density at radius 3 is 2.29 bits per heavy atom. The standard InChI is InChI=1S/C11H21NO4S/c1-8(9(13)15-5)11(6-16-7-11)12-17(14)10(2,3)4/h8,12H,6-7H2,1-5H3/t8-,17-/m1/s1. The molecule has 100 valence electrons. The van der Waals surface area contributed by atoms with Crippen LogP contribution in [0.25, 0.3) is 0 Å². The summed E-state index contributed by atoms with van der Waals surface area (Å²) in [6, 6.07) is 0. The Morgan fingerprint density at radius 2 is 2.00 bits per heavy atom. The topological polar surface area (TPSA) is 64.6 Å². The highest BCUT2D eigenvalue weighted by Gasteiger charge is 2.49. The van der Waals surface area contributed by atoms with E-state index in [0.29, 0.717) is 13.2 Å². The van der Waals surface area contributed by atoms with Gasteiger partial charge in [0.05, 0.1) is 47.5 Å². The SMILES string of the molecule is COC(=O)[C@@H](C)C1(N[S@](=O)C(C)(C)C)COC1. The maximum absolute atomic E-state index is 12.1. The zero-order chi connectivity index (χ0) is 13.3. The van der Waals surface area contributed by atoms with E-state index in [0.717, 1.165) is 0 Å². The van der Waals surface area contributed by atoms with E-state index < -0.39 is 16.5 Å². The maximum atomic E-state index is 12.1. The molecular formula is C11H21NO4S. The van der Waals surface area contributed by atoms with Gasteiger partial charge < -0.3 is 9.47 Å². The summed E-state index contributed by atoms with van der Waals surface area (Å²) in [5.41, 5.74) is -0.564. The molecule has 0 spiro atoms. The Morgan fingerprint density at radius 1 is 1.47 bits per heavy atom. The van der Waals surface area contributed by atoms with Gasteiger partial charge >= 0.3 is 5.97 Å². The normalized spacial score (nSPS) is 22.4. The van der Waals surface area contributed by atoms with E-state index in [1.165, 1.54) is 7.11 Å². The van der Waals surface area contributed by atoms with Crippen molar-refractivity contribution in [1.29, 1.82) is 0 Å². The van der Waals surface area contributed by atoms with E-state index in [1.54, 1.807) is 6.92 Å². The van der Waals surface area contributed by atoms with Crippen LogP contribution in [0, 0.1) is 5.92 Å². The zero-order valence-electron chi connectivity index (χ0n) is 11.0. The van der Waals surface area contributed by atoms with Crippen molar-refractivity contribution in [1.82, 2.24) is 4.72 Å². The van der Waals surface area contributed by atoms with E-state index in [-0.39, 0.29) is 16.6 Å². The molecule has 1 aliphatic heterocycles. The van der Waals surface area contributed by atoms with Crippen LogP contribution in [0.2, 0.25) is 0 Å². The molecule has 0 aliphatic carbocycles. The molecule has 5 nitrogen and oxygen atoms in total. The predicted molar refractivity (Wildman–Crippen MR) is 65.8 cm³/mol. The molecule has 0 unspecified atom stereocenters. The van der Waals surface area contributed by atoms with Gasteiger partial charge in [0.2, 0.25) is 0 Å². The minimum Gasteiger partial charge on any atom is -0.469 e. The van der Waals surface area contributed by atoms with Crippen LogP contribution in [0.4, 0.5) is 0 Å². The summed E-state index contributed by atoms with van der Waals surface area (Å²) in [5, 5.41) is 0. The Labute approximate surface area is 105 Å². The molecule has 2 atom stereocenters. The van der Waals surface area contributed by atoms with Gasteiger partial charge in [-0.05, 0) is 27.7 Å². The highest BCUT2D eigenvalue weighted by atomic mass is 32.2. The molecular weight excluding hydrogens is 242 g/mol. The van der Waals surface area contributed by atoms with Gasteiger partial charge in [-0.3, -0.25) is 4.79 Å². The number of hydrogen-bond acceptors (Lipinski definition) is 4. The molecule has 1 rings (SSSR count). The van der Waals surface area contributed by atoms with Crippen molar-refractivity contribution in [2.75, 3.05) is 20.3 Å². The summed E-state index contributed by atoms with van der Waals surface area (Å²) in [7, 11) is 0.122. The fourth-order valence-corrected chi connectivity index (χ4v) is 2.43. The first-order valence-corrected chi connectivity index (χ1v) is 6.73. The van der Waals surface area contributed by atoms with Gasteiger partial charge in [-0.15, -0.1) is 0 Å². The summed E-state index contributed by atoms with van der Waals surface area (Å²) < 4.78 is 24.6. The van der Waals surface area contributed by atoms with Crippen molar-refractivity contribution in [2.45, 2.75) is 38.0 Å². The number of rotatable bonds is 4. The molecule has 0 radical (unpaired) electrons. The fourth-order valence-electron chi connectivity index (χ4n) is 1.46. The monoisotopic (exact) mass is 263 g/mol. The molecule has 0 saturated carbocycles. The summed E-state index contributed by atoms with van der Waals surface area (Å²) in [4.78, 5) is 11.6. The number of ether oxygens (including phenoxy) is 2. The third kappa shape index (κ3) is 3.05. The van der Waals surface area contributed by atoms with Crippen LogP contribution in [0.3, 0.4) is 0 Å². The highest BCUT2D eigenvalue weighted by molar-refractivity contribution is 7.84. The molecule has 1 fully saturated rings. The lowest BCUT2D eigenvalue weighted by molar-refractivity contribution is -0.158. The Balaban J connectivity index is 2.77. The molecule has 0 aromatic rings. The van der Waals surface area contributed by atoms with E-state index in [4.69, 9.17) is 9.47 Å². The van der Waals surface area contributed by atoms with Crippen LogP contribution in [-0.2, 0) is 25.3 Å². The van der Waals surface area contributed by atoms with Crippen molar-refractivity contribution in [2.24, 2.45) is 5.92 Å². The van der Waals surface area contributed by atoms with Crippen LogP contribution in [0.5, 0.6) is 0 Å². The van der Waals surface area contributed by atoms with Gasteiger partial charge in [-0.1, -0.05) is 0 Å². The Hall–Kier alpha value is -0.460. The fraction of sp³-hybridized carbons (Fsp3) is 0.909. The molecule has 1 saturated heterocycles. The van der Waals surface area contributed by atoms with Gasteiger partial charge in [-0.25, -0.2) is 8.93 Å². The molecule has 0 bridgehead atoms. The van der Waals surface area contributed by atoms with Gasteiger partial charge in [0, 0.05) is 0 Å². The maximum Gasteiger partial charge on any atom is 0.310 e. The van der Waals surface area contributed by atoms with E-state index in [2.05, 4.69) is 4.72 Å². The van der Waals surface area contributed by atoms with Gasteiger partial charge in [0.25, 0.3) is 0 Å². The molecule has 1 N–H and O–H groups in total. The Bertz CT molecular complexity index is 320. The molecule has 17 heavy (non-hydrogen) atoms. The third-order valence-corrected chi connectivity index (χ3v) is 4.66. The predicted octanol–water partition coefficient (Wildman–Crippen LogP) is 0.616. The van der Waals surface area contributed by atoms with E-state index in [9.17, 15) is 9.00 Å². The van der Waals surface area contributed by atoms with Crippen LogP contribution in [0.15, 0.2) is 0 Å². The zero-order valence-corrected chi connectivity index (χ0v) is 11.8. The number of carbonyl (C=O) groups is 1. The van der Waals surface area contributed by atoms with Crippen molar-refractivity contribution in [3.8, 4) is 0 Å². The summed E-state index contributed by atoms with van der Waals surface area (Å²) >= 11 is 0. The summed E-state index contributed by atoms with van der Waals surface area (Å²) in [6.07, 6.45) is 0. The van der Waals surface area contributed by atoms with Crippen molar-refractivity contribution in [3.05, 3.63) is 0 Å². The number of carbonyl (C=O) groups excluding carboxylic acids is 1. The van der Waals surface area contributed by atoms with Crippen molar-refractivity contribution in [3.63, 3.8) is 0 Å². The minimum absolute atomic E-state index is 0.313. The first-order valence-electron chi connectivity index (χ1n) is 5.58. The molecule has 1 aliphatic rings. The largest absolute Gasteiger partial charge is 0.469 e. The molecule has 1 heterocycles. The van der Waals surface area contributed by atoms with E-state index >= 15 is 0 Å².